The molecule has 8 heteroatoms. The number of aromatic nitrogens is 3. The Labute approximate surface area is 214 Å². The molecule has 33 heavy (non-hydrogen) atoms. The van der Waals surface area contributed by atoms with E-state index in [1.165, 1.54) is 5.56 Å². The number of hydrogen-bond donors (Lipinski definition) is 2. The van der Waals surface area contributed by atoms with E-state index in [1.54, 1.807) is 0 Å². The van der Waals surface area contributed by atoms with Crippen molar-refractivity contribution in [2.24, 2.45) is 10.9 Å². The third-order valence-electron chi connectivity index (χ3n) is 4.93. The van der Waals surface area contributed by atoms with Crippen LogP contribution in [0.3, 0.4) is 0 Å². The van der Waals surface area contributed by atoms with E-state index < -0.39 is 0 Å². The maximum Gasteiger partial charge on any atom is 0.191 e. The molecule has 178 valence electrons. The largest absolute Gasteiger partial charge is 0.376 e. The molecule has 2 heterocycles. The fourth-order valence-electron chi connectivity index (χ4n) is 3.29. The second-order valence-electron chi connectivity index (χ2n) is 8.05. The Morgan fingerprint density at radius 2 is 1.88 bits per heavy atom. The zero-order chi connectivity index (χ0) is 22.8. The topological polar surface area (TPSA) is 76.4 Å². The number of nitrogens with one attached hydrogen (secondary N) is 2. The van der Waals surface area contributed by atoms with E-state index in [4.69, 9.17) is 9.73 Å². The summed E-state index contributed by atoms with van der Waals surface area (Å²) in [5.74, 6) is 1.98. The molecule has 0 aliphatic carbocycles. The molecule has 1 atom stereocenters. The lowest BCUT2D eigenvalue weighted by atomic mass is 10.2. The number of guanidine groups is 1. The highest BCUT2D eigenvalue weighted by atomic mass is 127. The zero-order valence-corrected chi connectivity index (χ0v) is 22.2. The Morgan fingerprint density at radius 3 is 2.52 bits per heavy atom. The van der Waals surface area contributed by atoms with E-state index >= 15 is 0 Å². The molecule has 0 aliphatic rings. The molecular formula is C25H35IN6O. The highest BCUT2D eigenvalue weighted by molar-refractivity contribution is 14.0. The Bertz CT molecular complexity index is 988. The van der Waals surface area contributed by atoms with Crippen LogP contribution in [0.2, 0.25) is 0 Å². The SMILES string of the molecule is CCNC(=NCc1ccc(-n2nc(C)cc2C)nc1)NCC(C)COCc1ccccc1.I. The van der Waals surface area contributed by atoms with E-state index in [0.717, 1.165) is 41.8 Å². The van der Waals surface area contributed by atoms with Gasteiger partial charge in [-0.1, -0.05) is 43.3 Å². The molecule has 3 aromatic rings. The van der Waals surface area contributed by atoms with E-state index in [0.29, 0.717) is 25.7 Å². The van der Waals surface area contributed by atoms with Gasteiger partial charge in [-0.3, -0.25) is 0 Å². The van der Waals surface area contributed by atoms with Gasteiger partial charge >= 0.3 is 0 Å². The molecule has 1 aromatic carbocycles. The molecule has 3 rings (SSSR count). The minimum absolute atomic E-state index is 0. The predicted octanol–water partition coefficient (Wildman–Crippen LogP) is 4.41. The van der Waals surface area contributed by atoms with Crippen LogP contribution in [0.5, 0.6) is 0 Å². The summed E-state index contributed by atoms with van der Waals surface area (Å²) in [5, 5.41) is 11.2. The van der Waals surface area contributed by atoms with Gasteiger partial charge in [0.2, 0.25) is 0 Å². The van der Waals surface area contributed by atoms with Crippen LogP contribution in [0.1, 0.15) is 36.4 Å². The second-order valence-corrected chi connectivity index (χ2v) is 8.05. The number of pyridine rings is 1. The summed E-state index contributed by atoms with van der Waals surface area (Å²) in [4.78, 5) is 9.25. The van der Waals surface area contributed by atoms with Crippen molar-refractivity contribution in [3.8, 4) is 5.82 Å². The van der Waals surface area contributed by atoms with Gasteiger partial charge in [0.25, 0.3) is 0 Å². The third-order valence-corrected chi connectivity index (χ3v) is 4.93. The van der Waals surface area contributed by atoms with Gasteiger partial charge in [-0.2, -0.15) is 5.10 Å². The van der Waals surface area contributed by atoms with Crippen LogP contribution in [0.4, 0.5) is 0 Å². The highest BCUT2D eigenvalue weighted by Gasteiger charge is 2.07. The molecule has 0 spiro atoms. The number of rotatable bonds is 10. The average Bonchev–Trinajstić information content (AvgIpc) is 3.14. The van der Waals surface area contributed by atoms with E-state index in [1.807, 2.05) is 61.1 Å². The Kier molecular flexibility index (Phi) is 11.3. The lowest BCUT2D eigenvalue weighted by Crippen LogP contribution is -2.40. The minimum atomic E-state index is 0. The van der Waals surface area contributed by atoms with Gasteiger partial charge in [0.1, 0.15) is 0 Å². The van der Waals surface area contributed by atoms with Gasteiger partial charge in [-0.25, -0.2) is 14.7 Å². The second kappa shape index (κ2) is 13.9. The van der Waals surface area contributed by atoms with Crippen LogP contribution in [-0.4, -0.2) is 40.4 Å². The maximum absolute atomic E-state index is 5.84. The van der Waals surface area contributed by atoms with Crippen LogP contribution in [-0.2, 0) is 17.9 Å². The number of hydrogen-bond acceptors (Lipinski definition) is 4. The summed E-state index contributed by atoms with van der Waals surface area (Å²) >= 11 is 0. The van der Waals surface area contributed by atoms with E-state index in [2.05, 4.69) is 46.7 Å². The molecule has 0 saturated carbocycles. The monoisotopic (exact) mass is 562 g/mol. The molecule has 0 amide bonds. The summed E-state index contributed by atoms with van der Waals surface area (Å²) in [6.07, 6.45) is 1.86. The maximum atomic E-state index is 5.84. The Balaban J connectivity index is 0.00000385. The number of aliphatic imine (C=N–C) groups is 1. The summed E-state index contributed by atoms with van der Waals surface area (Å²) in [6.45, 7) is 11.7. The molecule has 1 unspecified atom stereocenters. The van der Waals surface area contributed by atoms with E-state index in [-0.39, 0.29) is 24.0 Å². The summed E-state index contributed by atoms with van der Waals surface area (Å²) < 4.78 is 7.70. The van der Waals surface area contributed by atoms with Gasteiger partial charge in [0, 0.05) is 25.0 Å². The first-order chi connectivity index (χ1) is 15.5. The summed E-state index contributed by atoms with van der Waals surface area (Å²) in [5.41, 5.74) is 4.30. The summed E-state index contributed by atoms with van der Waals surface area (Å²) in [6, 6.07) is 16.3. The van der Waals surface area contributed by atoms with Crippen molar-refractivity contribution in [3.05, 3.63) is 77.2 Å². The van der Waals surface area contributed by atoms with Crippen LogP contribution in [0.25, 0.3) is 5.82 Å². The molecule has 0 saturated heterocycles. The minimum Gasteiger partial charge on any atom is -0.376 e. The number of nitrogens with zero attached hydrogens (tertiary/aromatic N) is 4. The van der Waals surface area contributed by atoms with Gasteiger partial charge in [0.05, 0.1) is 25.5 Å². The van der Waals surface area contributed by atoms with Crippen molar-refractivity contribution in [3.63, 3.8) is 0 Å². The fourth-order valence-corrected chi connectivity index (χ4v) is 3.29. The standard InChI is InChI=1S/C25H34N6O.HI/c1-5-26-25(28-14-19(2)17-32-18-22-9-7-6-8-10-22)29-16-23-11-12-24(27-15-23)31-21(4)13-20(3)30-31;/h6-13,15,19H,5,14,16-18H2,1-4H3,(H2,26,28,29);1H. The molecule has 7 nitrogen and oxygen atoms in total. The van der Waals surface area contributed by atoms with Gasteiger partial charge < -0.3 is 15.4 Å². The number of halogens is 1. The third kappa shape index (κ3) is 8.77. The van der Waals surface area contributed by atoms with E-state index in [9.17, 15) is 0 Å². The van der Waals surface area contributed by atoms with Crippen molar-refractivity contribution < 1.29 is 4.74 Å². The normalized spacial score (nSPS) is 12.2. The zero-order valence-electron chi connectivity index (χ0n) is 19.9. The first-order valence-corrected chi connectivity index (χ1v) is 11.2. The molecule has 0 aliphatic heterocycles. The Morgan fingerprint density at radius 1 is 1.09 bits per heavy atom. The number of ether oxygens (including phenoxy) is 1. The lowest BCUT2D eigenvalue weighted by molar-refractivity contribution is 0.0931. The molecule has 2 aromatic heterocycles. The lowest BCUT2D eigenvalue weighted by Gasteiger charge is -2.16. The Hall–Kier alpha value is -2.46. The van der Waals surface area contributed by atoms with Crippen LogP contribution < -0.4 is 10.6 Å². The van der Waals surface area contributed by atoms with Gasteiger partial charge in [-0.05, 0) is 49.9 Å². The van der Waals surface area contributed by atoms with Crippen molar-refractivity contribution >= 4 is 29.9 Å². The van der Waals surface area contributed by atoms with Gasteiger partial charge in [0.15, 0.2) is 11.8 Å². The molecule has 0 fully saturated rings. The average molecular weight is 563 g/mol. The van der Waals surface area contributed by atoms with Gasteiger partial charge in [-0.15, -0.1) is 24.0 Å². The summed E-state index contributed by atoms with van der Waals surface area (Å²) in [7, 11) is 0. The molecule has 2 N–H and O–H groups in total. The van der Waals surface area contributed by atoms with Crippen LogP contribution in [0, 0.1) is 19.8 Å². The molecule has 0 bridgehead atoms. The first-order valence-electron chi connectivity index (χ1n) is 11.2. The molecule has 0 radical (unpaired) electrons. The van der Waals surface area contributed by atoms with Crippen molar-refractivity contribution in [1.82, 2.24) is 25.4 Å². The quantitative estimate of drug-likeness (QED) is 0.218. The fraction of sp³-hybridized carbons (Fsp3) is 0.400. The highest BCUT2D eigenvalue weighted by Crippen LogP contribution is 2.11. The van der Waals surface area contributed by atoms with Crippen LogP contribution >= 0.6 is 24.0 Å². The number of benzene rings is 1. The van der Waals surface area contributed by atoms with Crippen molar-refractivity contribution in [1.29, 1.82) is 0 Å². The van der Waals surface area contributed by atoms with Crippen molar-refractivity contribution in [2.45, 2.75) is 40.8 Å². The smallest absolute Gasteiger partial charge is 0.191 e. The molecular weight excluding hydrogens is 527 g/mol. The van der Waals surface area contributed by atoms with Crippen LogP contribution in [0.15, 0.2) is 59.7 Å². The van der Waals surface area contributed by atoms with Crippen molar-refractivity contribution in [2.75, 3.05) is 19.7 Å². The first kappa shape index (κ1) is 26.8. The predicted molar refractivity (Wildman–Crippen MR) is 144 cm³/mol. The number of aryl methyl sites for hydroxylation is 2.